The van der Waals surface area contributed by atoms with Crippen LogP contribution in [-0.2, 0) is 16.0 Å². The number of carbonyl (C=O) groups is 2. The van der Waals surface area contributed by atoms with Crippen molar-refractivity contribution in [1.29, 1.82) is 0 Å². The number of nitrogens with zero attached hydrogens (tertiary/aromatic N) is 5. The molecule has 1 aromatic carbocycles. The highest BCUT2D eigenvalue weighted by molar-refractivity contribution is 7.91. The minimum absolute atomic E-state index is 0.0497. The quantitative estimate of drug-likeness (QED) is 0.341. The molecule has 3 aliphatic heterocycles. The van der Waals surface area contributed by atoms with E-state index in [0.717, 1.165) is 55.8 Å². The number of anilines is 3. The molecule has 8 rings (SSSR count). The van der Waals surface area contributed by atoms with Crippen molar-refractivity contribution in [3.05, 3.63) is 46.5 Å². The summed E-state index contributed by atoms with van der Waals surface area (Å²) in [4.78, 5) is 38.2. The molecule has 0 unspecified atom stereocenters. The van der Waals surface area contributed by atoms with E-state index in [2.05, 4.69) is 26.3 Å². The first-order valence-corrected chi connectivity index (χ1v) is 18.1. The van der Waals surface area contributed by atoms with Gasteiger partial charge in [-0.05, 0) is 74.3 Å². The Bertz CT molecular complexity index is 1900. The van der Waals surface area contributed by atoms with Crippen LogP contribution in [0.3, 0.4) is 0 Å². The summed E-state index contributed by atoms with van der Waals surface area (Å²) >= 11 is 0.715. The van der Waals surface area contributed by atoms with Crippen LogP contribution in [0.15, 0.2) is 35.4 Å². The molecule has 2 N–H and O–H groups in total. The summed E-state index contributed by atoms with van der Waals surface area (Å²) in [6.07, 6.45) is 0.0549. The van der Waals surface area contributed by atoms with Crippen molar-refractivity contribution < 1.29 is 36.3 Å². The zero-order chi connectivity index (χ0) is 32.8. The Labute approximate surface area is 272 Å². The second-order valence-corrected chi connectivity index (χ2v) is 16.1. The lowest BCUT2D eigenvalue weighted by Gasteiger charge is -2.40. The van der Waals surface area contributed by atoms with E-state index in [1.807, 2.05) is 12.1 Å². The largest absolute Gasteiger partial charge is 0.465 e. The number of halogens is 3. The molecule has 2 atom stereocenters. The van der Waals surface area contributed by atoms with Crippen molar-refractivity contribution in [3.63, 3.8) is 0 Å². The summed E-state index contributed by atoms with van der Waals surface area (Å²) in [5, 5.41) is 12.7. The highest BCUT2D eigenvalue weighted by Crippen LogP contribution is 2.47. The average Bonchev–Trinajstić information content (AvgIpc) is 3.96. The van der Waals surface area contributed by atoms with E-state index in [1.54, 1.807) is 4.90 Å². The van der Waals surface area contributed by atoms with Gasteiger partial charge in [0.1, 0.15) is 10.4 Å². The van der Waals surface area contributed by atoms with Crippen LogP contribution in [0.4, 0.5) is 35.3 Å². The van der Waals surface area contributed by atoms with Crippen LogP contribution in [0.5, 0.6) is 0 Å². The molecule has 47 heavy (non-hydrogen) atoms. The smallest absolute Gasteiger partial charge is 0.420 e. The molecule has 2 saturated carbocycles. The fourth-order valence-electron chi connectivity index (χ4n) is 7.14. The molecule has 5 aliphatic rings. The van der Waals surface area contributed by atoms with E-state index in [0.29, 0.717) is 36.3 Å². The minimum Gasteiger partial charge on any atom is -0.465 e. The summed E-state index contributed by atoms with van der Waals surface area (Å²) in [6.45, 7) is 1.23. The van der Waals surface area contributed by atoms with Gasteiger partial charge >= 0.3 is 12.3 Å². The summed E-state index contributed by atoms with van der Waals surface area (Å²) < 4.78 is 69.0. The van der Waals surface area contributed by atoms with E-state index in [1.165, 1.54) is 4.90 Å². The van der Waals surface area contributed by atoms with Crippen molar-refractivity contribution in [3.8, 4) is 10.6 Å². The Morgan fingerprint density at radius 2 is 1.72 bits per heavy atom. The number of benzene rings is 1. The normalized spacial score (nSPS) is 23.9. The second-order valence-electron chi connectivity index (χ2n) is 13.0. The lowest BCUT2D eigenvalue weighted by molar-refractivity contribution is -0.137. The van der Waals surface area contributed by atoms with Crippen molar-refractivity contribution in [1.82, 2.24) is 19.8 Å². The number of thiophene rings is 1. The fraction of sp³-hybridized carbons (Fsp3) is 0.484. The Hall–Kier alpha value is -3.92. The zero-order valence-corrected chi connectivity index (χ0v) is 26.7. The standard InChI is InChI=1S/C31H31F3N6O5S2/c32-31(33,34)22-13-35-29(37-26(22)24-12-25-27(46-24)28(41)39(17-3-4-17)9-10-47(25,44)45)36-23-8-7-18(11-21(23)16-1-2-16)38-14-19-5-6-20(15-38)40(19)30(42)43/h7-8,11-13,16-17,19-20H,1-6,9-10,14-15H2,(H,42,43)(H,35,36,37)/t19-,20+. The number of carboxylic acid groups (broad SMARTS) is 1. The van der Waals surface area contributed by atoms with Gasteiger partial charge in [-0.2, -0.15) is 13.2 Å². The van der Waals surface area contributed by atoms with Crippen molar-refractivity contribution in [2.75, 3.05) is 35.6 Å². The summed E-state index contributed by atoms with van der Waals surface area (Å²) in [5.41, 5.74) is 0.954. The SMILES string of the molecule is O=C1c2sc(-c3nc(Nc4ccc(N5C[C@H]6CC[C@@H](C5)N6C(=O)O)cc4C4CC4)ncc3C(F)(F)F)cc2S(=O)(=O)CCN1C1CC1. The van der Waals surface area contributed by atoms with Gasteiger partial charge in [-0.15, -0.1) is 11.3 Å². The highest BCUT2D eigenvalue weighted by atomic mass is 32.2. The van der Waals surface area contributed by atoms with Crippen LogP contribution < -0.4 is 10.2 Å². The van der Waals surface area contributed by atoms with Crippen LogP contribution in [0.1, 0.15) is 65.2 Å². The number of fused-ring (bicyclic) bond motifs is 3. The topological polar surface area (TPSA) is 136 Å². The van der Waals surface area contributed by atoms with E-state index in [9.17, 15) is 36.3 Å². The molecule has 11 nitrogen and oxygen atoms in total. The number of aromatic nitrogens is 2. The van der Waals surface area contributed by atoms with Crippen LogP contribution in [-0.4, -0.2) is 88.8 Å². The van der Waals surface area contributed by atoms with E-state index in [4.69, 9.17) is 0 Å². The van der Waals surface area contributed by atoms with E-state index in [-0.39, 0.29) is 56.9 Å². The first kappa shape index (κ1) is 30.4. The summed E-state index contributed by atoms with van der Waals surface area (Å²) in [7, 11) is -3.90. The van der Waals surface area contributed by atoms with Crippen LogP contribution in [0.2, 0.25) is 0 Å². The van der Waals surface area contributed by atoms with E-state index >= 15 is 0 Å². The van der Waals surface area contributed by atoms with Gasteiger partial charge in [0.05, 0.1) is 33.3 Å². The lowest BCUT2D eigenvalue weighted by Crippen LogP contribution is -2.55. The summed E-state index contributed by atoms with van der Waals surface area (Å²) in [5.74, 6) is -0.611. The number of piperazine rings is 1. The van der Waals surface area contributed by atoms with Crippen molar-refractivity contribution >= 4 is 50.5 Å². The summed E-state index contributed by atoms with van der Waals surface area (Å²) in [6, 6.07) is 6.77. The molecule has 2 aromatic heterocycles. The fourth-order valence-corrected chi connectivity index (χ4v) is 10.1. The number of hydrogen-bond donors (Lipinski definition) is 2. The molecule has 3 aromatic rings. The first-order chi connectivity index (χ1) is 22.4. The van der Waals surface area contributed by atoms with Gasteiger partial charge in [0.25, 0.3) is 5.91 Å². The third kappa shape index (κ3) is 5.48. The zero-order valence-electron chi connectivity index (χ0n) is 25.0. The van der Waals surface area contributed by atoms with Gasteiger partial charge in [-0.3, -0.25) is 9.69 Å². The van der Waals surface area contributed by atoms with Gasteiger partial charge in [0.15, 0.2) is 9.84 Å². The Morgan fingerprint density at radius 3 is 2.36 bits per heavy atom. The molecule has 2 aliphatic carbocycles. The maximum absolute atomic E-state index is 14.2. The molecule has 0 spiro atoms. The van der Waals surface area contributed by atoms with Crippen LogP contribution >= 0.6 is 11.3 Å². The van der Waals surface area contributed by atoms with Gasteiger partial charge in [-0.25, -0.2) is 23.2 Å². The monoisotopic (exact) mass is 688 g/mol. The number of amides is 2. The highest BCUT2D eigenvalue weighted by Gasteiger charge is 2.44. The molecule has 4 fully saturated rings. The van der Waals surface area contributed by atoms with Crippen LogP contribution in [0, 0.1) is 0 Å². The van der Waals surface area contributed by atoms with Gasteiger partial charge < -0.3 is 20.2 Å². The second kappa shape index (κ2) is 10.8. The number of nitrogens with one attached hydrogen (secondary N) is 1. The molecule has 5 heterocycles. The minimum atomic E-state index is -4.83. The van der Waals surface area contributed by atoms with Gasteiger partial charge in [0, 0.05) is 43.2 Å². The average molecular weight is 689 g/mol. The lowest BCUT2D eigenvalue weighted by atomic mass is 10.1. The molecule has 2 amide bonds. The number of hydrogen-bond acceptors (Lipinski definition) is 9. The Kier molecular flexibility index (Phi) is 6.99. The Balaban J connectivity index is 1.13. The predicted octanol–water partition coefficient (Wildman–Crippen LogP) is 5.57. The molecule has 0 radical (unpaired) electrons. The third-order valence-electron chi connectivity index (χ3n) is 9.77. The molecule has 16 heteroatoms. The predicted molar refractivity (Wildman–Crippen MR) is 167 cm³/mol. The molecule has 2 saturated heterocycles. The van der Waals surface area contributed by atoms with E-state index < -0.39 is 39.3 Å². The first-order valence-electron chi connectivity index (χ1n) is 15.7. The third-order valence-corrected chi connectivity index (χ3v) is 12.7. The number of rotatable bonds is 6. The van der Waals surface area contributed by atoms with Crippen molar-refractivity contribution in [2.45, 2.75) is 73.6 Å². The molecule has 2 bridgehead atoms. The number of sulfone groups is 1. The van der Waals surface area contributed by atoms with Crippen molar-refractivity contribution in [2.24, 2.45) is 0 Å². The Morgan fingerprint density at radius 1 is 1.02 bits per heavy atom. The van der Waals surface area contributed by atoms with Gasteiger partial charge in [0.2, 0.25) is 5.95 Å². The molecule has 248 valence electrons. The molecular formula is C31H31F3N6O5S2. The van der Waals surface area contributed by atoms with Gasteiger partial charge in [-0.1, -0.05) is 0 Å². The maximum Gasteiger partial charge on any atom is 0.420 e. The number of alkyl halides is 3. The number of carbonyl (C=O) groups excluding carboxylic acids is 1. The van der Waals surface area contributed by atoms with Crippen LogP contribution in [0.25, 0.3) is 10.6 Å². The molecular weight excluding hydrogens is 658 g/mol. The maximum atomic E-state index is 14.2.